The van der Waals surface area contributed by atoms with Crippen molar-refractivity contribution in [2.75, 3.05) is 19.0 Å². The lowest BCUT2D eigenvalue weighted by atomic mass is 10.2. The highest BCUT2D eigenvalue weighted by Crippen LogP contribution is 2.17. The summed E-state index contributed by atoms with van der Waals surface area (Å²) in [6.45, 7) is 1.87. The van der Waals surface area contributed by atoms with Crippen LogP contribution in [0.25, 0.3) is 0 Å². The fourth-order valence-corrected chi connectivity index (χ4v) is 2.98. The molecule has 0 bridgehead atoms. The summed E-state index contributed by atoms with van der Waals surface area (Å²) < 4.78 is 10.7. The predicted octanol–water partition coefficient (Wildman–Crippen LogP) is 2.79. The summed E-state index contributed by atoms with van der Waals surface area (Å²) in [5, 5.41) is 9.14. The van der Waals surface area contributed by atoms with Crippen molar-refractivity contribution < 1.29 is 23.9 Å². The van der Waals surface area contributed by atoms with E-state index in [-0.39, 0.29) is 19.1 Å². The average molecular weight is 475 g/mol. The molecule has 0 spiro atoms. The number of nitrogens with one attached hydrogen (secondary N) is 3. The largest absolute Gasteiger partial charge is 0.497 e. The number of hydrogen-bond donors (Lipinski definition) is 3. The summed E-state index contributed by atoms with van der Waals surface area (Å²) >= 11 is 0. The Labute approximate surface area is 203 Å². The molecule has 9 nitrogen and oxygen atoms in total. The van der Waals surface area contributed by atoms with Crippen LogP contribution in [0.2, 0.25) is 0 Å². The van der Waals surface area contributed by atoms with Gasteiger partial charge in [-0.3, -0.25) is 14.4 Å². The smallest absolute Gasteiger partial charge is 0.329 e. The van der Waals surface area contributed by atoms with Crippen molar-refractivity contribution in [1.29, 1.82) is 0 Å². The van der Waals surface area contributed by atoms with Crippen molar-refractivity contribution in [3.05, 3.63) is 89.5 Å². The number of hydrazone groups is 1. The van der Waals surface area contributed by atoms with Crippen molar-refractivity contribution >= 4 is 29.6 Å². The minimum atomic E-state index is -0.911. The molecule has 0 aromatic heterocycles. The van der Waals surface area contributed by atoms with E-state index in [1.54, 1.807) is 55.6 Å². The fraction of sp³-hybridized carbons (Fsp3) is 0.154. The third-order valence-electron chi connectivity index (χ3n) is 4.89. The highest BCUT2D eigenvalue weighted by molar-refractivity contribution is 6.35. The standard InChI is InChI=1S/C26H26N4O5/c1-18-7-3-5-9-22(18)29-24(31)17-35-23-10-6-4-8-20(23)16-28-30-26(33)25(32)27-15-19-11-13-21(34-2)14-12-19/h3-14,16H,15,17H2,1-2H3,(H,27,32)(H,29,31)(H,30,33)/b28-16-. The molecular formula is C26H26N4O5. The number of aryl methyl sites for hydroxylation is 1. The van der Waals surface area contributed by atoms with Gasteiger partial charge in [0.25, 0.3) is 5.91 Å². The van der Waals surface area contributed by atoms with E-state index in [1.165, 1.54) is 6.21 Å². The summed E-state index contributed by atoms with van der Waals surface area (Å²) in [7, 11) is 1.57. The maximum absolute atomic E-state index is 12.2. The lowest BCUT2D eigenvalue weighted by molar-refractivity contribution is -0.139. The third kappa shape index (κ3) is 7.71. The Kier molecular flexibility index (Phi) is 8.95. The normalized spacial score (nSPS) is 10.5. The number of benzene rings is 3. The van der Waals surface area contributed by atoms with Crippen LogP contribution in [0.5, 0.6) is 11.5 Å². The van der Waals surface area contributed by atoms with Crippen molar-refractivity contribution in [2.45, 2.75) is 13.5 Å². The number of anilines is 1. The first-order valence-electron chi connectivity index (χ1n) is 10.8. The number of rotatable bonds is 9. The highest BCUT2D eigenvalue weighted by Gasteiger charge is 2.12. The van der Waals surface area contributed by atoms with Gasteiger partial charge in [-0.1, -0.05) is 42.5 Å². The Morgan fingerprint density at radius 2 is 1.63 bits per heavy atom. The molecule has 0 saturated carbocycles. The van der Waals surface area contributed by atoms with Crippen molar-refractivity contribution in [2.24, 2.45) is 5.10 Å². The Bertz CT molecular complexity index is 1210. The van der Waals surface area contributed by atoms with Crippen LogP contribution in [0, 0.1) is 6.92 Å². The molecule has 180 valence electrons. The van der Waals surface area contributed by atoms with E-state index in [4.69, 9.17) is 9.47 Å². The molecule has 35 heavy (non-hydrogen) atoms. The lowest BCUT2D eigenvalue weighted by Crippen LogP contribution is -2.37. The summed E-state index contributed by atoms with van der Waals surface area (Å²) in [6, 6.07) is 21.4. The molecule has 0 heterocycles. The zero-order valence-electron chi connectivity index (χ0n) is 19.4. The minimum Gasteiger partial charge on any atom is -0.497 e. The number of hydrogen-bond acceptors (Lipinski definition) is 6. The molecule has 0 aliphatic rings. The second-order valence-corrected chi connectivity index (χ2v) is 7.42. The van der Waals surface area contributed by atoms with E-state index >= 15 is 0 Å². The molecule has 3 amide bonds. The van der Waals surface area contributed by atoms with Crippen LogP contribution in [0.3, 0.4) is 0 Å². The van der Waals surface area contributed by atoms with Crippen LogP contribution >= 0.6 is 0 Å². The van der Waals surface area contributed by atoms with E-state index in [2.05, 4.69) is 21.2 Å². The number of nitrogens with zero attached hydrogens (tertiary/aromatic N) is 1. The summed E-state index contributed by atoms with van der Waals surface area (Å²) in [6.07, 6.45) is 1.34. The van der Waals surface area contributed by atoms with Crippen molar-refractivity contribution in [3.63, 3.8) is 0 Å². The third-order valence-corrected chi connectivity index (χ3v) is 4.89. The number of amides is 3. The topological polar surface area (TPSA) is 118 Å². The lowest BCUT2D eigenvalue weighted by Gasteiger charge is -2.11. The molecule has 9 heteroatoms. The predicted molar refractivity (Wildman–Crippen MR) is 132 cm³/mol. The zero-order chi connectivity index (χ0) is 25.0. The Morgan fingerprint density at radius 3 is 2.37 bits per heavy atom. The van der Waals surface area contributed by atoms with Gasteiger partial charge >= 0.3 is 11.8 Å². The first kappa shape index (κ1) is 25.0. The molecule has 0 saturated heterocycles. The maximum atomic E-state index is 12.2. The Hall–Kier alpha value is -4.66. The van der Waals surface area contributed by atoms with Gasteiger partial charge in [0.2, 0.25) is 0 Å². The molecule has 3 aromatic rings. The van der Waals surface area contributed by atoms with Crippen LogP contribution in [0.1, 0.15) is 16.7 Å². The molecule has 0 radical (unpaired) electrons. The van der Waals surface area contributed by atoms with Crippen LogP contribution in [-0.4, -0.2) is 37.7 Å². The van der Waals surface area contributed by atoms with Crippen LogP contribution < -0.4 is 25.5 Å². The van der Waals surface area contributed by atoms with Crippen molar-refractivity contribution in [3.8, 4) is 11.5 Å². The molecule has 0 aliphatic heterocycles. The van der Waals surface area contributed by atoms with Crippen LogP contribution in [0.15, 0.2) is 77.9 Å². The highest BCUT2D eigenvalue weighted by atomic mass is 16.5. The van der Waals surface area contributed by atoms with Gasteiger partial charge in [-0.15, -0.1) is 0 Å². The molecular weight excluding hydrogens is 448 g/mol. The average Bonchev–Trinajstić information content (AvgIpc) is 2.88. The molecule has 3 aromatic carbocycles. The van der Waals surface area contributed by atoms with Crippen LogP contribution in [0.4, 0.5) is 5.69 Å². The minimum absolute atomic E-state index is 0.182. The molecule has 3 N–H and O–H groups in total. The second kappa shape index (κ2) is 12.5. The van der Waals surface area contributed by atoms with Crippen LogP contribution in [-0.2, 0) is 20.9 Å². The van der Waals surface area contributed by atoms with E-state index in [9.17, 15) is 14.4 Å². The van der Waals surface area contributed by atoms with E-state index in [0.29, 0.717) is 22.7 Å². The molecule has 3 rings (SSSR count). The van der Waals surface area contributed by atoms with E-state index in [0.717, 1.165) is 11.1 Å². The van der Waals surface area contributed by atoms with Gasteiger partial charge in [-0.05, 0) is 48.4 Å². The number of para-hydroxylation sites is 2. The Morgan fingerprint density at radius 1 is 0.914 bits per heavy atom. The van der Waals surface area contributed by atoms with Gasteiger partial charge in [0.1, 0.15) is 11.5 Å². The quantitative estimate of drug-likeness (QED) is 0.250. The first-order valence-corrected chi connectivity index (χ1v) is 10.8. The van der Waals surface area contributed by atoms with E-state index < -0.39 is 11.8 Å². The second-order valence-electron chi connectivity index (χ2n) is 7.42. The number of carbonyl (C=O) groups is 3. The summed E-state index contributed by atoms with van der Waals surface area (Å²) in [5.41, 5.74) is 5.17. The molecule has 0 aliphatic carbocycles. The first-order chi connectivity index (χ1) is 17.0. The molecule has 0 unspecified atom stereocenters. The van der Waals surface area contributed by atoms with Gasteiger partial charge in [-0.25, -0.2) is 5.43 Å². The zero-order valence-corrected chi connectivity index (χ0v) is 19.4. The number of carbonyl (C=O) groups excluding carboxylic acids is 3. The SMILES string of the molecule is COc1ccc(CNC(=O)C(=O)N/N=C\c2ccccc2OCC(=O)Nc2ccccc2C)cc1. The van der Waals surface area contributed by atoms with Gasteiger partial charge in [0.05, 0.1) is 13.3 Å². The molecule has 0 fully saturated rings. The number of ether oxygens (including phenoxy) is 2. The van der Waals surface area contributed by atoms with Gasteiger partial charge in [-0.2, -0.15) is 5.10 Å². The molecule has 0 atom stereocenters. The maximum Gasteiger partial charge on any atom is 0.329 e. The monoisotopic (exact) mass is 474 g/mol. The van der Waals surface area contributed by atoms with Gasteiger partial charge < -0.3 is 20.1 Å². The van der Waals surface area contributed by atoms with Crippen molar-refractivity contribution in [1.82, 2.24) is 10.7 Å². The Balaban J connectivity index is 1.48. The number of methoxy groups -OCH3 is 1. The fourth-order valence-electron chi connectivity index (χ4n) is 2.98. The summed E-state index contributed by atoms with van der Waals surface area (Å²) in [5.74, 6) is -0.952. The van der Waals surface area contributed by atoms with Gasteiger partial charge in [0.15, 0.2) is 6.61 Å². The summed E-state index contributed by atoms with van der Waals surface area (Å²) in [4.78, 5) is 36.3. The van der Waals surface area contributed by atoms with E-state index in [1.807, 2.05) is 31.2 Å². The van der Waals surface area contributed by atoms with Gasteiger partial charge in [0, 0.05) is 17.8 Å².